The number of para-hydroxylation sites is 1. The van der Waals surface area contributed by atoms with E-state index in [0.717, 1.165) is 17.5 Å². The number of fused-ring (bicyclic) bond motifs is 1. The lowest BCUT2D eigenvalue weighted by Crippen LogP contribution is -2.42. The van der Waals surface area contributed by atoms with Gasteiger partial charge in [0.2, 0.25) is 0 Å². The van der Waals surface area contributed by atoms with Gasteiger partial charge in [-0.1, -0.05) is 79.7 Å². The molecule has 0 saturated heterocycles. The fourth-order valence-corrected chi connectivity index (χ4v) is 3.94. The topological polar surface area (TPSA) is 57.6 Å². The normalized spacial score (nSPS) is 18.0. The zero-order valence-electron chi connectivity index (χ0n) is 16.3. The largest absolute Gasteiger partial charge is 0.375 e. The van der Waals surface area contributed by atoms with Crippen LogP contribution in [0.4, 0.5) is 5.69 Å². The fourth-order valence-electron chi connectivity index (χ4n) is 3.94. The van der Waals surface area contributed by atoms with Gasteiger partial charge in [-0.3, -0.25) is 9.59 Å². The summed E-state index contributed by atoms with van der Waals surface area (Å²) in [4.78, 5) is 27.5. The molecule has 0 aromatic heterocycles. The maximum atomic E-state index is 13.0. The molecule has 0 aliphatic carbocycles. The van der Waals surface area contributed by atoms with Gasteiger partial charge < -0.3 is 10.0 Å². The van der Waals surface area contributed by atoms with Crippen LogP contribution >= 0.6 is 0 Å². The second-order valence-electron chi connectivity index (χ2n) is 7.38. The van der Waals surface area contributed by atoms with Crippen molar-refractivity contribution < 1.29 is 14.7 Å². The van der Waals surface area contributed by atoms with Crippen molar-refractivity contribution in [3.05, 3.63) is 90.0 Å². The summed E-state index contributed by atoms with van der Waals surface area (Å²) >= 11 is 0. The lowest BCUT2D eigenvalue weighted by molar-refractivity contribution is -0.135. The zero-order valence-corrected chi connectivity index (χ0v) is 16.3. The average molecular weight is 385 g/mol. The van der Waals surface area contributed by atoms with E-state index in [1.54, 1.807) is 29.2 Å². The number of benzene rings is 3. The van der Waals surface area contributed by atoms with Gasteiger partial charge in [0.1, 0.15) is 0 Å². The van der Waals surface area contributed by atoms with Gasteiger partial charge in [0, 0.05) is 17.7 Å². The first-order chi connectivity index (χ1) is 14.0. The Balaban J connectivity index is 1.60. The van der Waals surface area contributed by atoms with Crippen LogP contribution < -0.4 is 4.90 Å². The number of ketones is 1. The van der Waals surface area contributed by atoms with Crippen molar-refractivity contribution in [1.29, 1.82) is 0 Å². The minimum atomic E-state index is -1.82. The maximum absolute atomic E-state index is 13.0. The molecule has 0 bridgehead atoms. The van der Waals surface area contributed by atoms with Crippen molar-refractivity contribution >= 4 is 17.4 Å². The van der Waals surface area contributed by atoms with E-state index in [9.17, 15) is 14.7 Å². The highest BCUT2D eigenvalue weighted by Crippen LogP contribution is 2.42. The Hall–Kier alpha value is -3.24. The molecule has 1 atom stereocenters. The minimum Gasteiger partial charge on any atom is -0.375 e. The molecular formula is C25H23NO3. The van der Waals surface area contributed by atoms with Gasteiger partial charge in [0.15, 0.2) is 11.4 Å². The standard InChI is InChI=1S/C25H23NO3/c1-2-16-26-22-11-7-6-10-21(22)25(29,24(26)28)17-23(27)20-14-12-19(13-15-20)18-8-4-3-5-9-18/h3-15,29H,2,16-17H2,1H3/t25-/m0/s1. The van der Waals surface area contributed by atoms with Crippen LogP contribution in [0.25, 0.3) is 11.1 Å². The molecule has 0 radical (unpaired) electrons. The molecule has 0 saturated carbocycles. The van der Waals surface area contributed by atoms with Crippen LogP contribution in [0.3, 0.4) is 0 Å². The highest BCUT2D eigenvalue weighted by atomic mass is 16.3. The minimum absolute atomic E-state index is 0.256. The molecule has 0 spiro atoms. The van der Waals surface area contributed by atoms with Crippen LogP contribution in [-0.2, 0) is 10.4 Å². The number of anilines is 1. The van der Waals surface area contributed by atoms with E-state index >= 15 is 0 Å². The molecule has 1 amide bonds. The summed E-state index contributed by atoms with van der Waals surface area (Å²) in [7, 11) is 0. The third kappa shape index (κ3) is 3.36. The monoisotopic (exact) mass is 385 g/mol. The van der Waals surface area contributed by atoms with Crippen LogP contribution in [0.5, 0.6) is 0 Å². The summed E-state index contributed by atoms with van der Waals surface area (Å²) in [5.41, 5.74) is 1.94. The summed E-state index contributed by atoms with van der Waals surface area (Å²) in [6, 6.07) is 24.4. The molecular weight excluding hydrogens is 362 g/mol. The van der Waals surface area contributed by atoms with Gasteiger partial charge in [-0.05, 0) is 23.6 Å². The molecule has 0 unspecified atom stereocenters. The molecule has 3 aromatic carbocycles. The summed E-state index contributed by atoms with van der Waals surface area (Å²) in [5.74, 6) is -0.677. The zero-order chi connectivity index (χ0) is 20.4. The highest BCUT2D eigenvalue weighted by Gasteiger charge is 2.50. The second-order valence-corrected chi connectivity index (χ2v) is 7.38. The van der Waals surface area contributed by atoms with Crippen molar-refractivity contribution in [3.63, 3.8) is 0 Å². The van der Waals surface area contributed by atoms with Crippen LogP contribution in [0.2, 0.25) is 0 Å². The molecule has 4 rings (SSSR count). The number of rotatable bonds is 6. The Bertz CT molecular complexity index is 1040. The average Bonchev–Trinajstić information content (AvgIpc) is 2.97. The first-order valence-corrected chi connectivity index (χ1v) is 9.87. The van der Waals surface area contributed by atoms with Crippen LogP contribution in [-0.4, -0.2) is 23.3 Å². The summed E-state index contributed by atoms with van der Waals surface area (Å²) in [6.07, 6.45) is 0.499. The van der Waals surface area contributed by atoms with E-state index < -0.39 is 11.5 Å². The van der Waals surface area contributed by atoms with Gasteiger partial charge in [0.05, 0.1) is 12.1 Å². The third-order valence-electron chi connectivity index (χ3n) is 5.42. The maximum Gasteiger partial charge on any atom is 0.264 e. The molecule has 1 N–H and O–H groups in total. The van der Waals surface area contributed by atoms with Crippen molar-refractivity contribution in [3.8, 4) is 11.1 Å². The number of Topliss-reactive ketones (excluding diaryl/α,β-unsaturated/α-hetero) is 1. The van der Waals surface area contributed by atoms with Crippen molar-refractivity contribution in [2.75, 3.05) is 11.4 Å². The summed E-state index contributed by atoms with van der Waals surface area (Å²) < 4.78 is 0. The predicted molar refractivity (Wildman–Crippen MR) is 114 cm³/mol. The van der Waals surface area contributed by atoms with Gasteiger partial charge in [0.25, 0.3) is 5.91 Å². The number of hydrogen-bond acceptors (Lipinski definition) is 3. The van der Waals surface area contributed by atoms with E-state index in [2.05, 4.69) is 0 Å². The van der Waals surface area contributed by atoms with Crippen molar-refractivity contribution in [2.24, 2.45) is 0 Å². The SMILES string of the molecule is CCCN1C(=O)[C@](O)(CC(=O)c2ccc(-c3ccccc3)cc2)c2ccccc21. The third-order valence-corrected chi connectivity index (χ3v) is 5.42. The Morgan fingerprint density at radius 3 is 2.21 bits per heavy atom. The lowest BCUT2D eigenvalue weighted by atomic mass is 9.88. The fraction of sp³-hybridized carbons (Fsp3) is 0.200. The molecule has 0 fully saturated rings. The number of carbonyl (C=O) groups is 2. The Morgan fingerprint density at radius 1 is 0.897 bits per heavy atom. The van der Waals surface area contributed by atoms with E-state index in [1.807, 2.05) is 61.5 Å². The molecule has 1 aliphatic heterocycles. The van der Waals surface area contributed by atoms with Gasteiger partial charge in [-0.2, -0.15) is 0 Å². The predicted octanol–water partition coefficient (Wildman–Crippen LogP) is 4.57. The van der Waals surface area contributed by atoms with Crippen molar-refractivity contribution in [1.82, 2.24) is 0 Å². The molecule has 4 nitrogen and oxygen atoms in total. The molecule has 29 heavy (non-hydrogen) atoms. The quantitative estimate of drug-likeness (QED) is 0.633. The second kappa shape index (κ2) is 7.64. The Labute approximate surface area is 170 Å². The first kappa shape index (κ1) is 19.1. The number of aliphatic hydroxyl groups is 1. The van der Waals surface area contributed by atoms with Crippen LogP contribution in [0.1, 0.15) is 35.7 Å². The van der Waals surface area contributed by atoms with Gasteiger partial charge in [-0.25, -0.2) is 0 Å². The number of nitrogens with zero attached hydrogens (tertiary/aromatic N) is 1. The molecule has 4 heteroatoms. The van der Waals surface area contributed by atoms with Crippen LogP contribution in [0.15, 0.2) is 78.9 Å². The van der Waals surface area contributed by atoms with E-state index in [-0.39, 0.29) is 12.2 Å². The number of carbonyl (C=O) groups excluding carboxylic acids is 2. The molecule has 1 aliphatic rings. The molecule has 146 valence electrons. The smallest absolute Gasteiger partial charge is 0.264 e. The number of amides is 1. The summed E-state index contributed by atoms with van der Waals surface area (Å²) in [6.45, 7) is 2.49. The highest BCUT2D eigenvalue weighted by molar-refractivity contribution is 6.10. The van der Waals surface area contributed by atoms with E-state index in [0.29, 0.717) is 23.4 Å². The molecule has 1 heterocycles. The first-order valence-electron chi connectivity index (χ1n) is 9.87. The van der Waals surface area contributed by atoms with Crippen LogP contribution in [0, 0.1) is 0 Å². The summed E-state index contributed by atoms with van der Waals surface area (Å²) in [5, 5.41) is 11.3. The Kier molecular flexibility index (Phi) is 5.03. The molecule has 3 aromatic rings. The number of hydrogen-bond donors (Lipinski definition) is 1. The van der Waals surface area contributed by atoms with E-state index in [1.165, 1.54) is 0 Å². The van der Waals surface area contributed by atoms with Gasteiger partial charge in [-0.15, -0.1) is 0 Å². The van der Waals surface area contributed by atoms with Crippen molar-refractivity contribution in [2.45, 2.75) is 25.4 Å². The van der Waals surface area contributed by atoms with E-state index in [4.69, 9.17) is 0 Å². The van der Waals surface area contributed by atoms with Gasteiger partial charge >= 0.3 is 0 Å². The lowest BCUT2D eigenvalue weighted by Gasteiger charge is -2.22. The Morgan fingerprint density at radius 2 is 1.52 bits per heavy atom.